The van der Waals surface area contributed by atoms with E-state index in [0.717, 1.165) is 5.56 Å². The summed E-state index contributed by atoms with van der Waals surface area (Å²) in [4.78, 5) is 10.2. The van der Waals surface area contributed by atoms with E-state index in [-0.39, 0.29) is 6.42 Å². The topological polar surface area (TPSA) is 57.5 Å². The van der Waals surface area contributed by atoms with Crippen LogP contribution in [0.1, 0.15) is 30.9 Å². The molecule has 14 heavy (non-hydrogen) atoms. The molecule has 3 nitrogen and oxygen atoms in total. The minimum Gasteiger partial charge on any atom is -0.481 e. The highest BCUT2D eigenvalue weighted by Gasteiger charge is 2.07. The van der Waals surface area contributed by atoms with Crippen molar-refractivity contribution in [3.05, 3.63) is 35.9 Å². The number of benzene rings is 1. The summed E-state index contributed by atoms with van der Waals surface area (Å²) in [6, 6.07) is 9.27. The van der Waals surface area contributed by atoms with Gasteiger partial charge in [-0.05, 0) is 18.4 Å². The van der Waals surface area contributed by atoms with E-state index in [1.165, 1.54) is 0 Å². The number of aliphatic carboxylic acids is 1. The zero-order valence-electron chi connectivity index (χ0n) is 7.89. The largest absolute Gasteiger partial charge is 0.481 e. The molecule has 0 radical (unpaired) electrons. The van der Waals surface area contributed by atoms with Crippen molar-refractivity contribution in [2.45, 2.75) is 25.4 Å². The second-order valence-corrected chi connectivity index (χ2v) is 3.21. The van der Waals surface area contributed by atoms with E-state index in [1.807, 2.05) is 30.3 Å². The Morgan fingerprint density at radius 2 is 1.93 bits per heavy atom. The molecule has 2 N–H and O–H groups in total. The molecule has 1 rings (SSSR count). The first kappa shape index (κ1) is 10.7. The minimum atomic E-state index is -0.815. The molecule has 1 aromatic carbocycles. The summed E-state index contributed by atoms with van der Waals surface area (Å²) < 4.78 is 0. The predicted molar refractivity (Wildman–Crippen MR) is 52.9 cm³/mol. The lowest BCUT2D eigenvalue weighted by Gasteiger charge is -2.09. The molecular formula is C11H14O3. The molecule has 0 aliphatic rings. The number of aliphatic hydroxyl groups excluding tert-OH is 1. The van der Waals surface area contributed by atoms with Crippen LogP contribution in [0.15, 0.2) is 30.3 Å². The fourth-order valence-electron chi connectivity index (χ4n) is 1.29. The molecule has 0 aromatic heterocycles. The van der Waals surface area contributed by atoms with Crippen LogP contribution >= 0.6 is 0 Å². The Kier molecular flexibility index (Phi) is 4.13. The molecule has 0 spiro atoms. The number of hydrogen-bond acceptors (Lipinski definition) is 2. The molecular weight excluding hydrogens is 180 g/mol. The number of aliphatic hydroxyl groups is 1. The van der Waals surface area contributed by atoms with Gasteiger partial charge in [0.15, 0.2) is 0 Å². The third-order valence-corrected chi connectivity index (χ3v) is 2.05. The average Bonchev–Trinajstić information content (AvgIpc) is 2.18. The summed E-state index contributed by atoms with van der Waals surface area (Å²) in [6.45, 7) is 0. The lowest BCUT2D eigenvalue weighted by atomic mass is 10.0. The van der Waals surface area contributed by atoms with E-state index in [1.54, 1.807) is 0 Å². The molecule has 76 valence electrons. The predicted octanol–water partition coefficient (Wildman–Crippen LogP) is 1.97. The normalized spacial score (nSPS) is 12.4. The van der Waals surface area contributed by atoms with E-state index in [4.69, 9.17) is 5.11 Å². The molecule has 0 fully saturated rings. The summed E-state index contributed by atoms with van der Waals surface area (Å²) in [7, 11) is 0. The van der Waals surface area contributed by atoms with Crippen molar-refractivity contribution < 1.29 is 15.0 Å². The number of carboxylic acid groups (broad SMARTS) is 1. The zero-order valence-corrected chi connectivity index (χ0v) is 7.89. The van der Waals surface area contributed by atoms with Crippen LogP contribution in [0.5, 0.6) is 0 Å². The average molecular weight is 194 g/mol. The summed E-state index contributed by atoms with van der Waals surface area (Å²) in [6.07, 6.45) is 0.571. The van der Waals surface area contributed by atoms with Gasteiger partial charge in [-0.1, -0.05) is 30.3 Å². The summed E-state index contributed by atoms with van der Waals surface area (Å²) in [5.41, 5.74) is 0.845. The SMILES string of the molecule is O=C(O)CCC[C@@H](O)c1ccccc1. The van der Waals surface area contributed by atoms with Gasteiger partial charge in [-0.25, -0.2) is 0 Å². The van der Waals surface area contributed by atoms with Gasteiger partial charge < -0.3 is 10.2 Å². The van der Waals surface area contributed by atoms with Crippen molar-refractivity contribution in [3.8, 4) is 0 Å². The molecule has 0 aliphatic heterocycles. The van der Waals surface area contributed by atoms with Crippen molar-refractivity contribution in [3.63, 3.8) is 0 Å². The van der Waals surface area contributed by atoms with Crippen molar-refractivity contribution in [2.24, 2.45) is 0 Å². The van der Waals surface area contributed by atoms with E-state index < -0.39 is 12.1 Å². The highest BCUT2D eigenvalue weighted by Crippen LogP contribution is 2.18. The van der Waals surface area contributed by atoms with E-state index in [0.29, 0.717) is 12.8 Å². The number of rotatable bonds is 5. The van der Waals surface area contributed by atoms with Gasteiger partial charge in [-0.3, -0.25) is 4.79 Å². The van der Waals surface area contributed by atoms with Crippen LogP contribution in [0.2, 0.25) is 0 Å². The quantitative estimate of drug-likeness (QED) is 0.753. The van der Waals surface area contributed by atoms with E-state index in [9.17, 15) is 9.90 Å². The van der Waals surface area contributed by atoms with Gasteiger partial charge in [0.2, 0.25) is 0 Å². The fourth-order valence-corrected chi connectivity index (χ4v) is 1.29. The molecule has 1 aromatic rings. The van der Waals surface area contributed by atoms with Crippen LogP contribution in [0.3, 0.4) is 0 Å². The van der Waals surface area contributed by atoms with Crippen molar-refractivity contribution in [1.29, 1.82) is 0 Å². The highest BCUT2D eigenvalue weighted by molar-refractivity contribution is 5.66. The van der Waals surface area contributed by atoms with Crippen LogP contribution in [-0.4, -0.2) is 16.2 Å². The molecule has 0 heterocycles. The lowest BCUT2D eigenvalue weighted by molar-refractivity contribution is -0.137. The maximum Gasteiger partial charge on any atom is 0.303 e. The summed E-state index contributed by atoms with van der Waals surface area (Å²) in [5, 5.41) is 18.1. The van der Waals surface area contributed by atoms with Crippen LogP contribution in [-0.2, 0) is 4.79 Å². The molecule has 1 atom stereocenters. The molecule has 0 saturated carbocycles. The zero-order chi connectivity index (χ0) is 10.4. The van der Waals surface area contributed by atoms with Gasteiger partial charge in [-0.15, -0.1) is 0 Å². The van der Waals surface area contributed by atoms with Crippen LogP contribution in [0.25, 0.3) is 0 Å². The molecule has 0 saturated heterocycles. The van der Waals surface area contributed by atoms with Crippen LogP contribution < -0.4 is 0 Å². The third kappa shape index (κ3) is 3.58. The monoisotopic (exact) mass is 194 g/mol. The Labute approximate surface area is 83.0 Å². The van der Waals surface area contributed by atoms with Crippen molar-refractivity contribution >= 4 is 5.97 Å². The second-order valence-electron chi connectivity index (χ2n) is 3.21. The van der Waals surface area contributed by atoms with Crippen molar-refractivity contribution in [1.82, 2.24) is 0 Å². The Morgan fingerprint density at radius 1 is 1.29 bits per heavy atom. The Balaban J connectivity index is 2.36. The lowest BCUT2D eigenvalue weighted by Crippen LogP contribution is -2.00. The van der Waals surface area contributed by atoms with E-state index in [2.05, 4.69) is 0 Å². The molecule has 0 aliphatic carbocycles. The Hall–Kier alpha value is -1.35. The maximum atomic E-state index is 10.2. The summed E-state index contributed by atoms with van der Waals surface area (Å²) in [5.74, 6) is -0.815. The van der Waals surface area contributed by atoms with Gasteiger partial charge in [0.25, 0.3) is 0 Å². The fraction of sp³-hybridized carbons (Fsp3) is 0.364. The van der Waals surface area contributed by atoms with Gasteiger partial charge in [0.05, 0.1) is 6.10 Å². The highest BCUT2D eigenvalue weighted by atomic mass is 16.4. The molecule has 0 amide bonds. The van der Waals surface area contributed by atoms with Crippen molar-refractivity contribution in [2.75, 3.05) is 0 Å². The first-order chi connectivity index (χ1) is 6.70. The third-order valence-electron chi connectivity index (χ3n) is 2.05. The van der Waals surface area contributed by atoms with Gasteiger partial charge in [0.1, 0.15) is 0 Å². The van der Waals surface area contributed by atoms with Gasteiger partial charge in [0, 0.05) is 6.42 Å². The maximum absolute atomic E-state index is 10.2. The second kappa shape index (κ2) is 5.40. The van der Waals surface area contributed by atoms with Gasteiger partial charge >= 0.3 is 5.97 Å². The van der Waals surface area contributed by atoms with Gasteiger partial charge in [-0.2, -0.15) is 0 Å². The number of carboxylic acids is 1. The minimum absolute atomic E-state index is 0.115. The molecule has 3 heteroatoms. The molecule has 0 unspecified atom stereocenters. The number of hydrogen-bond donors (Lipinski definition) is 2. The first-order valence-electron chi connectivity index (χ1n) is 4.65. The number of carbonyl (C=O) groups is 1. The van der Waals surface area contributed by atoms with E-state index >= 15 is 0 Å². The molecule has 0 bridgehead atoms. The Bertz CT molecular complexity index is 282. The van der Waals surface area contributed by atoms with Crippen LogP contribution in [0.4, 0.5) is 0 Å². The first-order valence-corrected chi connectivity index (χ1v) is 4.65. The van der Waals surface area contributed by atoms with Crippen LogP contribution in [0, 0.1) is 0 Å². The summed E-state index contributed by atoms with van der Waals surface area (Å²) >= 11 is 0. The standard InChI is InChI=1S/C11H14O3/c12-10(7-4-8-11(13)14)9-5-2-1-3-6-9/h1-3,5-6,10,12H,4,7-8H2,(H,13,14)/t10-/m1/s1. The smallest absolute Gasteiger partial charge is 0.303 e. The Morgan fingerprint density at radius 3 is 2.50 bits per heavy atom.